The minimum absolute atomic E-state index is 0.226. The molecule has 3 heteroatoms. The summed E-state index contributed by atoms with van der Waals surface area (Å²) in [6.45, 7) is 6.61. The van der Waals surface area contributed by atoms with Gasteiger partial charge in [0.2, 0.25) is 5.91 Å². The Balaban J connectivity index is 1.95. The number of thiophene rings is 1. The zero-order valence-electron chi connectivity index (χ0n) is 11.5. The molecule has 0 aliphatic heterocycles. The summed E-state index contributed by atoms with van der Waals surface area (Å²) in [6, 6.07) is 4.90. The van der Waals surface area contributed by atoms with Crippen LogP contribution in [0.4, 0.5) is 0 Å². The van der Waals surface area contributed by atoms with Gasteiger partial charge in [0.15, 0.2) is 0 Å². The van der Waals surface area contributed by atoms with Crippen molar-refractivity contribution in [1.29, 1.82) is 0 Å². The van der Waals surface area contributed by atoms with Crippen LogP contribution in [0.1, 0.15) is 68.0 Å². The Bertz CT molecular complexity index is 406. The van der Waals surface area contributed by atoms with E-state index < -0.39 is 0 Å². The highest BCUT2D eigenvalue weighted by Crippen LogP contribution is 2.33. The first kappa shape index (κ1) is 13.6. The van der Waals surface area contributed by atoms with Gasteiger partial charge in [-0.3, -0.25) is 4.79 Å². The van der Waals surface area contributed by atoms with Crippen molar-refractivity contribution in [3.63, 3.8) is 0 Å². The molecule has 1 atom stereocenters. The summed E-state index contributed by atoms with van der Waals surface area (Å²) in [7, 11) is 0. The van der Waals surface area contributed by atoms with Crippen molar-refractivity contribution in [3.8, 4) is 0 Å². The third-order valence-electron chi connectivity index (χ3n) is 3.49. The number of rotatable bonds is 6. The molecule has 1 saturated carbocycles. The van der Waals surface area contributed by atoms with Gasteiger partial charge in [-0.2, -0.15) is 0 Å². The second kappa shape index (κ2) is 5.87. The normalized spacial score (nSPS) is 16.9. The maximum atomic E-state index is 11.9. The average Bonchev–Trinajstić information content (AvgIpc) is 2.98. The van der Waals surface area contributed by atoms with E-state index in [0.29, 0.717) is 24.3 Å². The van der Waals surface area contributed by atoms with E-state index in [4.69, 9.17) is 0 Å². The Morgan fingerprint density at radius 3 is 2.56 bits per heavy atom. The SMILES string of the molecule is CCC(CC(=O)NC1CC1)c1ccc(C(C)C)s1. The van der Waals surface area contributed by atoms with Gasteiger partial charge in [-0.25, -0.2) is 0 Å². The molecule has 0 bridgehead atoms. The Labute approximate surface area is 114 Å². The van der Waals surface area contributed by atoms with Crippen LogP contribution in [-0.4, -0.2) is 11.9 Å². The lowest BCUT2D eigenvalue weighted by molar-refractivity contribution is -0.121. The molecule has 0 spiro atoms. The lowest BCUT2D eigenvalue weighted by atomic mass is 10.00. The molecule has 1 amide bonds. The molecule has 1 fully saturated rings. The number of carbonyl (C=O) groups excluding carboxylic acids is 1. The van der Waals surface area contributed by atoms with E-state index in [9.17, 15) is 4.79 Å². The van der Waals surface area contributed by atoms with Crippen molar-refractivity contribution in [2.45, 2.75) is 64.3 Å². The van der Waals surface area contributed by atoms with E-state index in [1.54, 1.807) is 0 Å². The van der Waals surface area contributed by atoms with E-state index in [0.717, 1.165) is 6.42 Å². The van der Waals surface area contributed by atoms with Crippen LogP contribution in [0.25, 0.3) is 0 Å². The predicted octanol–water partition coefficient (Wildman–Crippen LogP) is 4.03. The maximum absolute atomic E-state index is 11.9. The van der Waals surface area contributed by atoms with E-state index >= 15 is 0 Å². The first-order valence-electron chi connectivity index (χ1n) is 6.99. The van der Waals surface area contributed by atoms with Crippen molar-refractivity contribution in [1.82, 2.24) is 5.32 Å². The topological polar surface area (TPSA) is 29.1 Å². The second-order valence-corrected chi connectivity index (χ2v) is 6.69. The van der Waals surface area contributed by atoms with Crippen molar-refractivity contribution in [2.75, 3.05) is 0 Å². The highest BCUT2D eigenvalue weighted by Gasteiger charge is 2.25. The fourth-order valence-corrected chi connectivity index (χ4v) is 3.28. The Hall–Kier alpha value is -0.830. The lowest BCUT2D eigenvalue weighted by Gasteiger charge is -2.13. The Morgan fingerprint density at radius 1 is 1.39 bits per heavy atom. The predicted molar refractivity (Wildman–Crippen MR) is 77.2 cm³/mol. The standard InChI is InChI=1S/C15H23NOS/c1-4-11(9-15(17)16-12-5-6-12)14-8-7-13(18-14)10(2)3/h7-8,10-12H,4-6,9H2,1-3H3,(H,16,17). The molecule has 1 aromatic rings. The summed E-state index contributed by atoms with van der Waals surface area (Å²) in [5, 5.41) is 3.08. The lowest BCUT2D eigenvalue weighted by Crippen LogP contribution is -2.26. The fraction of sp³-hybridized carbons (Fsp3) is 0.667. The summed E-state index contributed by atoms with van der Waals surface area (Å²) in [5.74, 6) is 1.20. The molecule has 0 saturated heterocycles. The summed E-state index contributed by atoms with van der Waals surface area (Å²) in [5.41, 5.74) is 0. The van der Waals surface area contributed by atoms with Crippen molar-refractivity contribution >= 4 is 17.2 Å². The Morgan fingerprint density at radius 2 is 2.06 bits per heavy atom. The highest BCUT2D eigenvalue weighted by molar-refractivity contribution is 7.12. The first-order chi connectivity index (χ1) is 8.60. The quantitative estimate of drug-likeness (QED) is 0.826. The van der Waals surface area contributed by atoms with Crippen LogP contribution < -0.4 is 5.32 Å². The van der Waals surface area contributed by atoms with E-state index in [2.05, 4.69) is 38.2 Å². The number of hydrogen-bond acceptors (Lipinski definition) is 2. The molecule has 18 heavy (non-hydrogen) atoms. The first-order valence-corrected chi connectivity index (χ1v) is 7.80. The third-order valence-corrected chi connectivity index (χ3v) is 5.03. The smallest absolute Gasteiger partial charge is 0.220 e. The fourth-order valence-electron chi connectivity index (χ4n) is 2.08. The molecule has 2 nitrogen and oxygen atoms in total. The van der Waals surface area contributed by atoms with Gasteiger partial charge in [-0.15, -0.1) is 11.3 Å². The van der Waals surface area contributed by atoms with Crippen molar-refractivity contribution in [3.05, 3.63) is 21.9 Å². The zero-order chi connectivity index (χ0) is 13.1. The highest BCUT2D eigenvalue weighted by atomic mass is 32.1. The summed E-state index contributed by atoms with van der Waals surface area (Å²) in [6.07, 6.45) is 4.01. The van der Waals surface area contributed by atoms with Crippen LogP contribution in [0.3, 0.4) is 0 Å². The molecule has 1 aliphatic rings. The van der Waals surface area contributed by atoms with Crippen LogP contribution >= 0.6 is 11.3 Å². The van der Waals surface area contributed by atoms with Crippen LogP contribution in [0.5, 0.6) is 0 Å². The van der Waals surface area contributed by atoms with Gasteiger partial charge in [0.1, 0.15) is 0 Å². The van der Waals surface area contributed by atoms with Gasteiger partial charge in [-0.1, -0.05) is 20.8 Å². The van der Waals surface area contributed by atoms with Gasteiger partial charge in [0.25, 0.3) is 0 Å². The van der Waals surface area contributed by atoms with Crippen LogP contribution in [-0.2, 0) is 4.79 Å². The van der Waals surface area contributed by atoms with Gasteiger partial charge in [0.05, 0.1) is 0 Å². The van der Waals surface area contributed by atoms with Gasteiger partial charge in [0, 0.05) is 28.1 Å². The summed E-state index contributed by atoms with van der Waals surface area (Å²) < 4.78 is 0. The van der Waals surface area contributed by atoms with E-state index in [1.165, 1.54) is 22.6 Å². The average molecular weight is 265 g/mol. The molecule has 2 rings (SSSR count). The van der Waals surface area contributed by atoms with Gasteiger partial charge < -0.3 is 5.32 Å². The second-order valence-electron chi connectivity index (χ2n) is 5.55. The molecule has 1 aliphatic carbocycles. The minimum atomic E-state index is 0.226. The number of nitrogens with one attached hydrogen (secondary N) is 1. The van der Waals surface area contributed by atoms with Crippen molar-refractivity contribution in [2.24, 2.45) is 0 Å². The molecule has 0 radical (unpaired) electrons. The molecule has 1 aromatic heterocycles. The van der Waals surface area contributed by atoms with Crippen molar-refractivity contribution < 1.29 is 4.79 Å². The molecule has 0 aromatic carbocycles. The van der Waals surface area contributed by atoms with E-state index in [-0.39, 0.29) is 5.91 Å². The zero-order valence-corrected chi connectivity index (χ0v) is 12.3. The van der Waals surface area contributed by atoms with Gasteiger partial charge in [-0.05, 0) is 37.3 Å². The van der Waals surface area contributed by atoms with Crippen LogP contribution in [0.2, 0.25) is 0 Å². The third kappa shape index (κ3) is 3.58. The molecular formula is C15H23NOS. The van der Waals surface area contributed by atoms with E-state index in [1.807, 2.05) is 11.3 Å². The molecule has 100 valence electrons. The number of hydrogen-bond donors (Lipinski definition) is 1. The molecule has 1 N–H and O–H groups in total. The largest absolute Gasteiger partial charge is 0.353 e. The molecule has 1 unspecified atom stereocenters. The van der Waals surface area contributed by atoms with Gasteiger partial charge >= 0.3 is 0 Å². The minimum Gasteiger partial charge on any atom is -0.353 e. The molecular weight excluding hydrogens is 242 g/mol. The van der Waals surface area contributed by atoms with Crippen LogP contribution in [0, 0.1) is 0 Å². The number of carbonyl (C=O) groups is 1. The molecule has 1 heterocycles. The van der Waals surface area contributed by atoms with Crippen LogP contribution in [0.15, 0.2) is 12.1 Å². The number of amides is 1. The maximum Gasteiger partial charge on any atom is 0.220 e. The monoisotopic (exact) mass is 265 g/mol. The summed E-state index contributed by atoms with van der Waals surface area (Å²) in [4.78, 5) is 14.7. The Kier molecular flexibility index (Phi) is 4.44. The summed E-state index contributed by atoms with van der Waals surface area (Å²) >= 11 is 1.87.